The Morgan fingerprint density at radius 1 is 1.43 bits per heavy atom. The number of benzene rings is 1. The van der Waals surface area contributed by atoms with Crippen LogP contribution in [0.5, 0.6) is 5.75 Å². The summed E-state index contributed by atoms with van der Waals surface area (Å²) in [7, 11) is 0. The molecule has 0 saturated heterocycles. The number of carbonyl (C=O) groups is 1. The predicted octanol–water partition coefficient (Wildman–Crippen LogP) is 2.20. The van der Waals surface area contributed by atoms with Crippen LogP contribution in [0, 0.1) is 0 Å². The van der Waals surface area contributed by atoms with Crippen LogP contribution in [0.3, 0.4) is 0 Å². The van der Waals surface area contributed by atoms with E-state index in [1.165, 1.54) is 0 Å². The Hall–Kier alpha value is -2.41. The second-order valence-corrected chi connectivity index (χ2v) is 5.87. The Balaban J connectivity index is 1.49. The van der Waals surface area contributed by atoms with Gasteiger partial charge in [0.25, 0.3) is 0 Å². The minimum atomic E-state index is -0.159. The summed E-state index contributed by atoms with van der Waals surface area (Å²) in [6.07, 6.45) is 2.54. The van der Waals surface area contributed by atoms with E-state index < -0.39 is 0 Å². The molecule has 1 amide bonds. The maximum absolute atomic E-state index is 11.6. The van der Waals surface area contributed by atoms with Crippen molar-refractivity contribution in [3.05, 3.63) is 36.0 Å². The number of carbonyl (C=O) groups excluding carboxylic acids is 1. The summed E-state index contributed by atoms with van der Waals surface area (Å²) in [5, 5.41) is 6.68. The Bertz CT molecular complexity index is 662. The molecule has 1 aliphatic carbocycles. The summed E-state index contributed by atoms with van der Waals surface area (Å²) >= 11 is 0. The van der Waals surface area contributed by atoms with Gasteiger partial charge in [0, 0.05) is 24.1 Å². The highest BCUT2D eigenvalue weighted by atomic mass is 16.5. The number of nitrogens with one attached hydrogen (secondary N) is 1. The van der Waals surface area contributed by atoms with E-state index in [-0.39, 0.29) is 18.6 Å². The summed E-state index contributed by atoms with van der Waals surface area (Å²) in [5.74, 6) is 2.26. The fourth-order valence-electron chi connectivity index (χ4n) is 2.11. The van der Waals surface area contributed by atoms with Crippen molar-refractivity contribution in [2.24, 2.45) is 5.73 Å². The fourth-order valence-corrected chi connectivity index (χ4v) is 2.11. The molecule has 7 heteroatoms. The average molecular weight is 316 g/mol. The third kappa shape index (κ3) is 4.53. The zero-order valence-corrected chi connectivity index (χ0v) is 13.0. The van der Waals surface area contributed by atoms with Crippen LogP contribution in [0.4, 0.5) is 5.69 Å². The molecule has 0 aliphatic heterocycles. The van der Waals surface area contributed by atoms with Crippen molar-refractivity contribution in [1.82, 2.24) is 10.1 Å². The van der Waals surface area contributed by atoms with Crippen LogP contribution in [-0.4, -0.2) is 22.1 Å². The van der Waals surface area contributed by atoms with E-state index in [0.29, 0.717) is 35.5 Å². The van der Waals surface area contributed by atoms with Gasteiger partial charge >= 0.3 is 0 Å². The van der Waals surface area contributed by atoms with E-state index in [9.17, 15) is 4.79 Å². The number of hydrogen-bond donors (Lipinski definition) is 2. The van der Waals surface area contributed by atoms with Crippen LogP contribution < -0.4 is 15.8 Å². The van der Waals surface area contributed by atoms with Crippen LogP contribution >= 0.6 is 0 Å². The van der Waals surface area contributed by atoms with Gasteiger partial charge in [-0.15, -0.1) is 0 Å². The zero-order valence-electron chi connectivity index (χ0n) is 13.0. The third-order valence-electron chi connectivity index (χ3n) is 3.42. The largest absolute Gasteiger partial charge is 0.485 e. The first kappa shape index (κ1) is 15.5. The molecule has 7 nitrogen and oxygen atoms in total. The lowest BCUT2D eigenvalue weighted by atomic mass is 10.2. The molecule has 1 heterocycles. The van der Waals surface area contributed by atoms with Crippen molar-refractivity contribution in [3.8, 4) is 5.75 Å². The van der Waals surface area contributed by atoms with Crippen molar-refractivity contribution < 1.29 is 14.1 Å². The van der Waals surface area contributed by atoms with Gasteiger partial charge in [-0.1, -0.05) is 5.16 Å². The van der Waals surface area contributed by atoms with Gasteiger partial charge in [-0.3, -0.25) is 4.79 Å². The van der Waals surface area contributed by atoms with Crippen LogP contribution in [0.15, 0.2) is 28.8 Å². The van der Waals surface area contributed by atoms with Gasteiger partial charge in [-0.05, 0) is 44.0 Å². The Labute approximate surface area is 134 Å². The quantitative estimate of drug-likeness (QED) is 0.811. The molecule has 1 saturated carbocycles. The molecule has 3 rings (SSSR count). The van der Waals surface area contributed by atoms with Gasteiger partial charge in [0.2, 0.25) is 17.6 Å². The first-order valence-corrected chi connectivity index (χ1v) is 7.71. The standard InChI is InChI=1S/C16H20N4O3/c1-10(17)8-15(21)18-12-4-6-13(7-5-12)22-9-14-19-16(23-20-14)11-2-3-11/h4-7,10-11H,2-3,8-9,17H2,1H3,(H,18,21). The molecule has 0 spiro atoms. The lowest BCUT2D eigenvalue weighted by molar-refractivity contribution is -0.116. The molecule has 1 fully saturated rings. The smallest absolute Gasteiger partial charge is 0.229 e. The monoisotopic (exact) mass is 316 g/mol. The molecule has 0 radical (unpaired) electrons. The van der Waals surface area contributed by atoms with Crippen molar-refractivity contribution in [2.75, 3.05) is 5.32 Å². The van der Waals surface area contributed by atoms with Crippen molar-refractivity contribution >= 4 is 11.6 Å². The first-order chi connectivity index (χ1) is 11.1. The lowest BCUT2D eigenvalue weighted by Gasteiger charge is -2.08. The molecule has 1 unspecified atom stereocenters. The molecular formula is C16H20N4O3. The SMILES string of the molecule is CC(N)CC(=O)Nc1ccc(OCc2noc(C3CC3)n2)cc1. The maximum atomic E-state index is 11.6. The molecular weight excluding hydrogens is 296 g/mol. The summed E-state index contributed by atoms with van der Waals surface area (Å²) in [4.78, 5) is 15.9. The summed E-state index contributed by atoms with van der Waals surface area (Å²) < 4.78 is 10.8. The summed E-state index contributed by atoms with van der Waals surface area (Å²) in [6.45, 7) is 2.05. The lowest BCUT2D eigenvalue weighted by Crippen LogP contribution is -2.23. The van der Waals surface area contributed by atoms with Crippen LogP contribution in [-0.2, 0) is 11.4 Å². The van der Waals surface area contributed by atoms with Gasteiger partial charge < -0.3 is 20.3 Å². The maximum Gasteiger partial charge on any atom is 0.229 e. The van der Waals surface area contributed by atoms with E-state index in [1.54, 1.807) is 31.2 Å². The number of nitrogens with two attached hydrogens (primary N) is 1. The van der Waals surface area contributed by atoms with Gasteiger partial charge in [0.05, 0.1) is 0 Å². The molecule has 23 heavy (non-hydrogen) atoms. The second kappa shape index (κ2) is 6.78. The number of rotatable bonds is 7. The number of nitrogens with zero attached hydrogens (tertiary/aromatic N) is 2. The highest BCUT2D eigenvalue weighted by Crippen LogP contribution is 2.38. The molecule has 1 aliphatic rings. The average Bonchev–Trinajstić information content (AvgIpc) is 3.25. The summed E-state index contributed by atoms with van der Waals surface area (Å²) in [5.41, 5.74) is 6.30. The van der Waals surface area contributed by atoms with Crippen molar-refractivity contribution in [1.29, 1.82) is 0 Å². The van der Waals surface area contributed by atoms with E-state index in [4.69, 9.17) is 15.0 Å². The number of anilines is 1. The van der Waals surface area contributed by atoms with Crippen LogP contribution in [0.25, 0.3) is 0 Å². The van der Waals surface area contributed by atoms with Gasteiger partial charge in [-0.25, -0.2) is 0 Å². The molecule has 1 aromatic carbocycles. The summed E-state index contributed by atoms with van der Waals surface area (Å²) in [6, 6.07) is 6.96. The predicted molar refractivity (Wildman–Crippen MR) is 83.9 cm³/mol. The number of ether oxygens (including phenoxy) is 1. The molecule has 0 bridgehead atoms. The molecule has 1 aromatic heterocycles. The Morgan fingerprint density at radius 2 is 2.17 bits per heavy atom. The minimum absolute atomic E-state index is 0.104. The Kier molecular flexibility index (Phi) is 4.57. The van der Waals surface area contributed by atoms with Crippen LogP contribution in [0.2, 0.25) is 0 Å². The van der Waals surface area contributed by atoms with E-state index >= 15 is 0 Å². The number of amides is 1. The van der Waals surface area contributed by atoms with E-state index in [0.717, 1.165) is 12.8 Å². The van der Waals surface area contributed by atoms with Crippen molar-refractivity contribution in [2.45, 2.75) is 44.8 Å². The highest BCUT2D eigenvalue weighted by molar-refractivity contribution is 5.91. The molecule has 1 atom stereocenters. The van der Waals surface area contributed by atoms with Crippen molar-refractivity contribution in [3.63, 3.8) is 0 Å². The third-order valence-corrected chi connectivity index (χ3v) is 3.42. The normalized spacial score (nSPS) is 15.2. The molecule has 2 aromatic rings. The molecule has 122 valence electrons. The fraction of sp³-hybridized carbons (Fsp3) is 0.438. The minimum Gasteiger partial charge on any atom is -0.485 e. The van der Waals surface area contributed by atoms with Gasteiger partial charge in [0.1, 0.15) is 5.75 Å². The zero-order chi connectivity index (χ0) is 16.2. The first-order valence-electron chi connectivity index (χ1n) is 7.71. The van der Waals surface area contributed by atoms with Gasteiger partial charge in [-0.2, -0.15) is 4.98 Å². The number of aromatic nitrogens is 2. The number of hydrogen-bond acceptors (Lipinski definition) is 6. The van der Waals surface area contributed by atoms with E-state index in [2.05, 4.69) is 15.5 Å². The van der Waals surface area contributed by atoms with E-state index in [1.807, 2.05) is 0 Å². The van der Waals surface area contributed by atoms with Crippen LogP contribution in [0.1, 0.15) is 43.8 Å². The Morgan fingerprint density at radius 3 is 2.83 bits per heavy atom. The van der Waals surface area contributed by atoms with Gasteiger partial charge in [0.15, 0.2) is 6.61 Å². The second-order valence-electron chi connectivity index (χ2n) is 5.87. The molecule has 3 N–H and O–H groups in total. The highest BCUT2D eigenvalue weighted by Gasteiger charge is 2.29. The topological polar surface area (TPSA) is 103 Å².